The third-order valence-electron chi connectivity index (χ3n) is 3.67. The second-order valence-corrected chi connectivity index (χ2v) is 7.30. The van der Waals surface area contributed by atoms with Crippen LogP contribution in [0, 0.1) is 0 Å². The molecule has 0 saturated heterocycles. The Hall–Kier alpha value is -2.02. The first kappa shape index (κ1) is 18.3. The third kappa shape index (κ3) is 4.50. The SMILES string of the molecule is CCCn1c(S[C@H](C)C(=O)Nc2ccc(C(C)C)cc2)n[nH]c1=O. The van der Waals surface area contributed by atoms with Crippen molar-refractivity contribution in [3.05, 3.63) is 40.3 Å². The van der Waals surface area contributed by atoms with Gasteiger partial charge in [0.1, 0.15) is 0 Å². The number of H-pyrrole nitrogens is 1. The largest absolute Gasteiger partial charge is 0.343 e. The number of benzene rings is 1. The molecule has 1 atom stereocenters. The molecule has 0 aliphatic rings. The Morgan fingerprint density at radius 1 is 1.29 bits per heavy atom. The van der Waals surface area contributed by atoms with Crippen LogP contribution >= 0.6 is 11.8 Å². The summed E-state index contributed by atoms with van der Waals surface area (Å²) < 4.78 is 1.56. The molecule has 2 aromatic rings. The van der Waals surface area contributed by atoms with E-state index < -0.39 is 0 Å². The van der Waals surface area contributed by atoms with Crippen molar-refractivity contribution in [2.45, 2.75) is 57.0 Å². The first-order chi connectivity index (χ1) is 11.4. The van der Waals surface area contributed by atoms with Gasteiger partial charge in [-0.05, 0) is 37.0 Å². The van der Waals surface area contributed by atoms with Crippen molar-refractivity contribution in [2.24, 2.45) is 0 Å². The van der Waals surface area contributed by atoms with Crippen LogP contribution in [-0.4, -0.2) is 25.9 Å². The average Bonchev–Trinajstić information content (AvgIpc) is 2.89. The first-order valence-corrected chi connectivity index (χ1v) is 9.03. The molecule has 1 heterocycles. The van der Waals surface area contributed by atoms with Crippen molar-refractivity contribution in [1.82, 2.24) is 14.8 Å². The van der Waals surface area contributed by atoms with Gasteiger partial charge in [-0.25, -0.2) is 9.89 Å². The minimum Gasteiger partial charge on any atom is -0.325 e. The highest BCUT2D eigenvalue weighted by molar-refractivity contribution is 8.00. The van der Waals surface area contributed by atoms with Gasteiger partial charge in [-0.1, -0.05) is 44.7 Å². The second kappa shape index (κ2) is 8.19. The molecule has 2 N–H and O–H groups in total. The molecule has 0 saturated carbocycles. The molecular weight excluding hydrogens is 324 g/mol. The number of carbonyl (C=O) groups excluding carboxylic acids is 1. The van der Waals surface area contributed by atoms with Gasteiger partial charge in [-0.15, -0.1) is 5.10 Å². The molecule has 130 valence electrons. The molecule has 0 spiro atoms. The fourth-order valence-electron chi connectivity index (χ4n) is 2.22. The second-order valence-electron chi connectivity index (χ2n) is 5.99. The van der Waals surface area contributed by atoms with Gasteiger partial charge in [-0.2, -0.15) is 0 Å². The number of hydrogen-bond donors (Lipinski definition) is 2. The molecule has 0 fully saturated rings. The van der Waals surface area contributed by atoms with E-state index in [1.807, 2.05) is 31.2 Å². The Labute approximate surface area is 146 Å². The lowest BCUT2D eigenvalue weighted by molar-refractivity contribution is -0.115. The van der Waals surface area contributed by atoms with E-state index in [2.05, 4.69) is 29.4 Å². The number of amides is 1. The number of aromatic amines is 1. The van der Waals surface area contributed by atoms with Crippen LogP contribution < -0.4 is 11.0 Å². The van der Waals surface area contributed by atoms with Crippen LogP contribution in [0.1, 0.15) is 45.6 Å². The van der Waals surface area contributed by atoms with Gasteiger partial charge in [0.05, 0.1) is 5.25 Å². The highest BCUT2D eigenvalue weighted by Crippen LogP contribution is 2.22. The van der Waals surface area contributed by atoms with Crippen LogP contribution in [0.4, 0.5) is 5.69 Å². The van der Waals surface area contributed by atoms with Gasteiger partial charge in [0.15, 0.2) is 5.16 Å². The van der Waals surface area contributed by atoms with Crippen molar-refractivity contribution in [2.75, 3.05) is 5.32 Å². The number of anilines is 1. The summed E-state index contributed by atoms with van der Waals surface area (Å²) in [5.74, 6) is 0.343. The first-order valence-electron chi connectivity index (χ1n) is 8.15. The maximum Gasteiger partial charge on any atom is 0.343 e. The van der Waals surface area contributed by atoms with E-state index in [0.29, 0.717) is 17.6 Å². The Bertz CT molecular complexity index is 734. The summed E-state index contributed by atoms with van der Waals surface area (Å²) in [6.07, 6.45) is 0.829. The Morgan fingerprint density at radius 3 is 2.54 bits per heavy atom. The summed E-state index contributed by atoms with van der Waals surface area (Å²) in [6, 6.07) is 7.85. The van der Waals surface area contributed by atoms with Crippen LogP contribution in [0.15, 0.2) is 34.2 Å². The highest BCUT2D eigenvalue weighted by atomic mass is 32.2. The monoisotopic (exact) mass is 348 g/mol. The zero-order valence-electron chi connectivity index (χ0n) is 14.5. The summed E-state index contributed by atoms with van der Waals surface area (Å²) >= 11 is 1.27. The summed E-state index contributed by atoms with van der Waals surface area (Å²) in [5, 5.41) is 9.52. The Morgan fingerprint density at radius 2 is 1.96 bits per heavy atom. The molecule has 0 unspecified atom stereocenters. The maximum atomic E-state index is 12.4. The quantitative estimate of drug-likeness (QED) is 0.753. The van der Waals surface area contributed by atoms with E-state index in [4.69, 9.17) is 0 Å². The number of thioether (sulfide) groups is 1. The number of rotatable bonds is 7. The zero-order valence-corrected chi connectivity index (χ0v) is 15.3. The minimum absolute atomic E-state index is 0.115. The fourth-order valence-corrected chi connectivity index (χ4v) is 3.10. The lowest BCUT2D eigenvalue weighted by Crippen LogP contribution is -2.24. The Kier molecular flexibility index (Phi) is 6.25. The molecule has 2 rings (SSSR count). The van der Waals surface area contributed by atoms with Crippen LogP contribution in [0.2, 0.25) is 0 Å². The van der Waals surface area contributed by atoms with Crippen LogP contribution in [0.3, 0.4) is 0 Å². The van der Waals surface area contributed by atoms with Gasteiger partial charge < -0.3 is 5.32 Å². The van der Waals surface area contributed by atoms with Crippen molar-refractivity contribution in [1.29, 1.82) is 0 Å². The van der Waals surface area contributed by atoms with Gasteiger partial charge in [0.25, 0.3) is 0 Å². The molecule has 0 bridgehead atoms. The van der Waals surface area contributed by atoms with Crippen molar-refractivity contribution in [3.63, 3.8) is 0 Å². The average molecular weight is 348 g/mol. The predicted molar refractivity (Wildman–Crippen MR) is 97.6 cm³/mol. The van der Waals surface area contributed by atoms with Gasteiger partial charge in [0, 0.05) is 12.2 Å². The lowest BCUT2D eigenvalue weighted by atomic mass is 10.0. The summed E-state index contributed by atoms with van der Waals surface area (Å²) in [4.78, 5) is 24.0. The third-order valence-corrected chi connectivity index (χ3v) is 4.76. The number of hydrogen-bond acceptors (Lipinski definition) is 4. The van der Waals surface area contributed by atoms with Gasteiger partial charge >= 0.3 is 5.69 Å². The normalized spacial score (nSPS) is 12.4. The zero-order chi connectivity index (χ0) is 17.7. The van der Waals surface area contributed by atoms with E-state index in [1.165, 1.54) is 17.3 Å². The van der Waals surface area contributed by atoms with E-state index in [9.17, 15) is 9.59 Å². The van der Waals surface area contributed by atoms with Gasteiger partial charge in [-0.3, -0.25) is 9.36 Å². The topological polar surface area (TPSA) is 79.8 Å². The van der Waals surface area contributed by atoms with Crippen LogP contribution in [-0.2, 0) is 11.3 Å². The smallest absolute Gasteiger partial charge is 0.325 e. The minimum atomic E-state index is -0.361. The van der Waals surface area contributed by atoms with E-state index in [0.717, 1.165) is 12.1 Å². The Balaban J connectivity index is 2.01. The highest BCUT2D eigenvalue weighted by Gasteiger charge is 2.19. The van der Waals surface area contributed by atoms with E-state index >= 15 is 0 Å². The standard InChI is InChI=1S/C17H24N4O2S/c1-5-10-21-16(23)19-20-17(21)24-12(4)15(22)18-14-8-6-13(7-9-14)11(2)3/h6-9,11-12H,5,10H2,1-4H3,(H,18,22)(H,19,23)/t12-/m1/s1. The molecule has 6 nitrogen and oxygen atoms in total. The molecule has 1 aromatic carbocycles. The summed E-state index contributed by atoms with van der Waals surface area (Å²) in [7, 11) is 0. The van der Waals surface area contributed by atoms with Crippen LogP contribution in [0.25, 0.3) is 0 Å². The molecule has 7 heteroatoms. The number of nitrogens with one attached hydrogen (secondary N) is 2. The molecule has 1 amide bonds. The summed E-state index contributed by atoms with van der Waals surface area (Å²) in [6.45, 7) is 8.64. The molecule has 0 aliphatic heterocycles. The van der Waals surface area contributed by atoms with Crippen LogP contribution in [0.5, 0.6) is 0 Å². The van der Waals surface area contributed by atoms with Gasteiger partial charge in [0.2, 0.25) is 5.91 Å². The molecule has 0 radical (unpaired) electrons. The number of aromatic nitrogens is 3. The maximum absolute atomic E-state index is 12.4. The number of nitrogens with zero attached hydrogens (tertiary/aromatic N) is 2. The molecule has 24 heavy (non-hydrogen) atoms. The fraction of sp³-hybridized carbons (Fsp3) is 0.471. The van der Waals surface area contributed by atoms with Crippen molar-refractivity contribution in [3.8, 4) is 0 Å². The van der Waals surface area contributed by atoms with Crippen molar-refractivity contribution < 1.29 is 4.79 Å². The number of carbonyl (C=O) groups is 1. The molecule has 1 aromatic heterocycles. The summed E-state index contributed by atoms with van der Waals surface area (Å²) in [5.41, 5.74) is 1.76. The van der Waals surface area contributed by atoms with E-state index in [1.54, 1.807) is 11.5 Å². The molecule has 0 aliphatic carbocycles. The van der Waals surface area contributed by atoms with E-state index in [-0.39, 0.29) is 16.8 Å². The predicted octanol–water partition coefficient (Wildman–Crippen LogP) is 3.22. The molecular formula is C17H24N4O2S. The van der Waals surface area contributed by atoms with Crippen molar-refractivity contribution >= 4 is 23.4 Å². The lowest BCUT2D eigenvalue weighted by Gasteiger charge is -2.13.